The molecule has 1 aliphatic heterocycles. The highest BCUT2D eigenvalue weighted by atomic mass is 16.2. The Balaban J connectivity index is 1.33. The SMILES string of the molecule is CN1CCN(c2ccccc2CNC(=O)c2ccc(NC(=O)NC3CC3)cc2)CC1. The van der Waals surface area contributed by atoms with Crippen LogP contribution in [0.2, 0.25) is 0 Å². The monoisotopic (exact) mass is 407 g/mol. The summed E-state index contributed by atoms with van der Waals surface area (Å²) in [5.41, 5.74) is 3.54. The maximum absolute atomic E-state index is 12.6. The summed E-state index contributed by atoms with van der Waals surface area (Å²) in [6, 6.07) is 15.3. The Bertz CT molecular complexity index is 887. The molecule has 2 aromatic carbocycles. The van der Waals surface area contributed by atoms with Gasteiger partial charge < -0.3 is 25.8 Å². The van der Waals surface area contributed by atoms with E-state index in [4.69, 9.17) is 0 Å². The summed E-state index contributed by atoms with van der Waals surface area (Å²) in [7, 11) is 2.14. The number of benzene rings is 2. The summed E-state index contributed by atoms with van der Waals surface area (Å²) < 4.78 is 0. The predicted molar refractivity (Wildman–Crippen MR) is 119 cm³/mol. The van der Waals surface area contributed by atoms with E-state index >= 15 is 0 Å². The molecule has 0 unspecified atom stereocenters. The standard InChI is InChI=1S/C23H29N5O2/c1-27-12-14-28(15-13-27)21-5-3-2-4-18(21)16-24-22(29)17-6-8-19(9-7-17)25-23(30)26-20-10-11-20/h2-9,20H,10-16H2,1H3,(H,24,29)(H2,25,26,30). The van der Waals surface area contributed by atoms with E-state index < -0.39 is 0 Å². The van der Waals surface area contributed by atoms with Crippen molar-refractivity contribution < 1.29 is 9.59 Å². The number of hydrogen-bond acceptors (Lipinski definition) is 4. The first-order valence-corrected chi connectivity index (χ1v) is 10.6. The zero-order valence-electron chi connectivity index (χ0n) is 17.4. The number of piperazine rings is 1. The van der Waals surface area contributed by atoms with E-state index in [-0.39, 0.29) is 11.9 Å². The van der Waals surface area contributed by atoms with E-state index in [1.165, 1.54) is 5.69 Å². The van der Waals surface area contributed by atoms with Crippen molar-refractivity contribution in [2.45, 2.75) is 25.4 Å². The number of hydrogen-bond donors (Lipinski definition) is 3. The van der Waals surface area contributed by atoms with Gasteiger partial charge in [0, 0.05) is 55.7 Å². The van der Waals surface area contributed by atoms with Gasteiger partial charge in [-0.25, -0.2) is 4.79 Å². The van der Waals surface area contributed by atoms with Gasteiger partial charge in [0.05, 0.1) is 0 Å². The number of amides is 3. The summed E-state index contributed by atoms with van der Waals surface area (Å²) in [6.45, 7) is 4.54. The molecule has 0 radical (unpaired) electrons. The van der Waals surface area contributed by atoms with Gasteiger partial charge in [0.2, 0.25) is 0 Å². The number of para-hydroxylation sites is 1. The normalized spacial score (nSPS) is 16.8. The van der Waals surface area contributed by atoms with Crippen molar-refractivity contribution in [1.29, 1.82) is 0 Å². The third kappa shape index (κ3) is 5.30. The Kier molecular flexibility index (Phi) is 6.18. The lowest BCUT2D eigenvalue weighted by Crippen LogP contribution is -2.45. The van der Waals surface area contributed by atoms with Crippen molar-refractivity contribution in [3.8, 4) is 0 Å². The van der Waals surface area contributed by atoms with Crippen molar-refractivity contribution in [3.63, 3.8) is 0 Å². The summed E-state index contributed by atoms with van der Waals surface area (Å²) >= 11 is 0. The summed E-state index contributed by atoms with van der Waals surface area (Å²) in [4.78, 5) is 29.1. The van der Waals surface area contributed by atoms with E-state index in [1.807, 2.05) is 12.1 Å². The molecule has 1 heterocycles. The molecule has 4 rings (SSSR count). The molecule has 0 atom stereocenters. The fourth-order valence-corrected chi connectivity index (χ4v) is 3.58. The lowest BCUT2D eigenvalue weighted by atomic mass is 10.1. The van der Waals surface area contributed by atoms with Crippen LogP contribution in [0.4, 0.5) is 16.2 Å². The molecule has 7 heteroatoms. The van der Waals surface area contributed by atoms with Crippen LogP contribution in [0.1, 0.15) is 28.8 Å². The number of likely N-dealkylation sites (N-methyl/N-ethyl adjacent to an activating group) is 1. The molecule has 1 aliphatic carbocycles. The number of nitrogens with one attached hydrogen (secondary N) is 3. The summed E-state index contributed by atoms with van der Waals surface area (Å²) in [6.07, 6.45) is 2.09. The van der Waals surface area contributed by atoms with Crippen LogP contribution in [0.25, 0.3) is 0 Å². The molecule has 2 fully saturated rings. The fraction of sp³-hybridized carbons (Fsp3) is 0.391. The van der Waals surface area contributed by atoms with Gasteiger partial charge in [0.1, 0.15) is 0 Å². The molecular formula is C23H29N5O2. The van der Waals surface area contributed by atoms with Crippen molar-refractivity contribution >= 4 is 23.3 Å². The fourth-order valence-electron chi connectivity index (χ4n) is 3.58. The van der Waals surface area contributed by atoms with E-state index in [1.54, 1.807) is 24.3 Å². The number of rotatable bonds is 6. The lowest BCUT2D eigenvalue weighted by Gasteiger charge is -2.35. The highest BCUT2D eigenvalue weighted by Crippen LogP contribution is 2.22. The molecule has 1 saturated heterocycles. The molecule has 0 aromatic heterocycles. The number of carbonyl (C=O) groups is 2. The molecule has 7 nitrogen and oxygen atoms in total. The van der Waals surface area contributed by atoms with Gasteiger partial charge in [-0.15, -0.1) is 0 Å². The molecule has 2 aliphatic rings. The average molecular weight is 408 g/mol. The minimum Gasteiger partial charge on any atom is -0.369 e. The van der Waals surface area contributed by atoms with E-state index in [0.717, 1.165) is 44.6 Å². The number of carbonyl (C=O) groups excluding carboxylic acids is 2. The Labute approximate surface area is 177 Å². The average Bonchev–Trinajstić information content (AvgIpc) is 3.57. The third-order valence-corrected chi connectivity index (χ3v) is 5.59. The maximum atomic E-state index is 12.6. The van der Waals surface area contributed by atoms with Crippen LogP contribution in [0.15, 0.2) is 48.5 Å². The van der Waals surface area contributed by atoms with Gasteiger partial charge >= 0.3 is 6.03 Å². The van der Waals surface area contributed by atoms with Crippen LogP contribution in [0, 0.1) is 0 Å². The summed E-state index contributed by atoms with van der Waals surface area (Å²) in [5.74, 6) is -0.128. The highest BCUT2D eigenvalue weighted by Gasteiger charge is 2.23. The Morgan fingerprint density at radius 2 is 1.67 bits per heavy atom. The molecule has 2 aromatic rings. The van der Waals surface area contributed by atoms with Crippen molar-refractivity contribution in [1.82, 2.24) is 15.5 Å². The Morgan fingerprint density at radius 1 is 0.967 bits per heavy atom. The lowest BCUT2D eigenvalue weighted by molar-refractivity contribution is 0.0951. The predicted octanol–water partition coefficient (Wildman–Crippen LogP) is 2.65. The van der Waals surface area contributed by atoms with Crippen molar-refractivity contribution in [2.75, 3.05) is 43.4 Å². The van der Waals surface area contributed by atoms with Gasteiger partial charge in [-0.05, 0) is 55.8 Å². The number of anilines is 2. The second-order valence-corrected chi connectivity index (χ2v) is 8.05. The zero-order valence-corrected chi connectivity index (χ0v) is 17.4. The number of urea groups is 1. The quantitative estimate of drug-likeness (QED) is 0.688. The van der Waals surface area contributed by atoms with Gasteiger partial charge in [-0.1, -0.05) is 18.2 Å². The van der Waals surface area contributed by atoms with Gasteiger partial charge in [0.15, 0.2) is 0 Å². The Hall–Kier alpha value is -3.06. The maximum Gasteiger partial charge on any atom is 0.319 e. The van der Waals surface area contributed by atoms with Gasteiger partial charge in [0.25, 0.3) is 5.91 Å². The molecule has 158 valence electrons. The first kappa shape index (κ1) is 20.2. The van der Waals surface area contributed by atoms with Crippen molar-refractivity contribution in [2.24, 2.45) is 0 Å². The molecule has 0 bridgehead atoms. The zero-order chi connectivity index (χ0) is 20.9. The molecule has 0 spiro atoms. The van der Waals surface area contributed by atoms with Gasteiger partial charge in [-0.2, -0.15) is 0 Å². The first-order chi connectivity index (χ1) is 14.6. The van der Waals surface area contributed by atoms with Crippen molar-refractivity contribution in [3.05, 3.63) is 59.7 Å². The molecule has 1 saturated carbocycles. The smallest absolute Gasteiger partial charge is 0.319 e. The minimum atomic E-state index is -0.199. The molecule has 30 heavy (non-hydrogen) atoms. The summed E-state index contributed by atoms with van der Waals surface area (Å²) in [5, 5.41) is 8.69. The molecule has 3 N–H and O–H groups in total. The third-order valence-electron chi connectivity index (χ3n) is 5.59. The molecule has 3 amide bonds. The topological polar surface area (TPSA) is 76.7 Å². The van der Waals surface area contributed by atoms with Crippen LogP contribution in [0.3, 0.4) is 0 Å². The van der Waals surface area contributed by atoms with Crippen LogP contribution in [0.5, 0.6) is 0 Å². The highest BCUT2D eigenvalue weighted by molar-refractivity contribution is 5.95. The van der Waals surface area contributed by atoms with Gasteiger partial charge in [-0.3, -0.25) is 4.79 Å². The number of nitrogens with zero attached hydrogens (tertiary/aromatic N) is 2. The largest absolute Gasteiger partial charge is 0.369 e. The van der Waals surface area contributed by atoms with E-state index in [9.17, 15) is 9.59 Å². The Morgan fingerprint density at radius 3 is 2.37 bits per heavy atom. The van der Waals surface area contributed by atoms with Crippen LogP contribution >= 0.6 is 0 Å². The van der Waals surface area contributed by atoms with E-state index in [2.05, 4.69) is 44.9 Å². The minimum absolute atomic E-state index is 0.128. The van der Waals surface area contributed by atoms with Crippen LogP contribution < -0.4 is 20.9 Å². The molecular weight excluding hydrogens is 378 g/mol. The van der Waals surface area contributed by atoms with E-state index in [0.29, 0.717) is 23.8 Å². The second-order valence-electron chi connectivity index (χ2n) is 8.05. The van der Waals surface area contributed by atoms with Crippen LogP contribution in [-0.2, 0) is 6.54 Å². The van der Waals surface area contributed by atoms with Crippen LogP contribution in [-0.4, -0.2) is 56.1 Å². The second kappa shape index (κ2) is 9.17. The first-order valence-electron chi connectivity index (χ1n) is 10.6.